The topological polar surface area (TPSA) is 37.4 Å². The molecule has 0 aliphatic carbocycles. The molecule has 0 aromatic carbocycles. The minimum absolute atomic E-state index is 0.00241. The molecule has 3 heteroatoms. The van der Waals surface area contributed by atoms with Crippen molar-refractivity contribution in [2.24, 2.45) is 5.92 Å². The van der Waals surface area contributed by atoms with Gasteiger partial charge in [0.1, 0.15) is 0 Å². The summed E-state index contributed by atoms with van der Waals surface area (Å²) >= 11 is 0. The number of carbonyl (C=O) groups excluding carboxylic acids is 2. The molecular weight excluding hydrogens is 334 g/mol. The van der Waals surface area contributed by atoms with E-state index in [4.69, 9.17) is 0 Å². The summed E-state index contributed by atoms with van der Waals surface area (Å²) in [6.45, 7) is 4.65. The normalized spacial score (nSPS) is 17.6. The molecule has 1 aliphatic rings. The average Bonchev–Trinajstić information content (AvgIpc) is 2.94. The first-order valence-corrected chi connectivity index (χ1v) is 11.7. The van der Waals surface area contributed by atoms with E-state index in [-0.39, 0.29) is 17.7 Å². The lowest BCUT2D eigenvalue weighted by Crippen LogP contribution is -2.30. The molecule has 0 radical (unpaired) electrons. The fraction of sp³-hybridized carbons (Fsp3) is 0.833. The number of rotatable bonds is 17. The van der Waals surface area contributed by atoms with Crippen LogP contribution < -0.4 is 0 Å². The molecule has 156 valence electrons. The number of unbranched alkanes of at least 4 members (excludes halogenated alkanes) is 13. The van der Waals surface area contributed by atoms with Crippen molar-refractivity contribution >= 4 is 11.8 Å². The molecule has 3 nitrogen and oxygen atoms in total. The minimum Gasteiger partial charge on any atom is -0.283 e. The van der Waals surface area contributed by atoms with Gasteiger partial charge < -0.3 is 0 Å². The third-order valence-electron chi connectivity index (χ3n) is 5.72. The summed E-state index contributed by atoms with van der Waals surface area (Å²) in [5, 5.41) is 0. The van der Waals surface area contributed by atoms with Crippen molar-refractivity contribution in [3.63, 3.8) is 0 Å². The van der Waals surface area contributed by atoms with Gasteiger partial charge in [0.25, 0.3) is 0 Å². The molecule has 1 aliphatic heterocycles. The molecule has 0 aromatic rings. The number of hydrogen-bond donors (Lipinski definition) is 0. The van der Waals surface area contributed by atoms with E-state index in [2.05, 4.69) is 19.1 Å². The standard InChI is InChI=1S/C24H43NO2/c1-3-5-6-7-8-9-10-11-12-13-14-15-16-17-18-19-20-22-21-23(26)25(4-2)24(22)27/h18-19,22H,3-17,20-21H2,1-2H3. The number of nitrogens with zero attached hydrogens (tertiary/aromatic N) is 1. The summed E-state index contributed by atoms with van der Waals surface area (Å²) < 4.78 is 0. The summed E-state index contributed by atoms with van der Waals surface area (Å²) in [5.74, 6) is -0.0918. The first-order valence-electron chi connectivity index (χ1n) is 11.7. The zero-order chi connectivity index (χ0) is 19.7. The van der Waals surface area contributed by atoms with E-state index in [0.29, 0.717) is 13.0 Å². The molecule has 0 saturated carbocycles. The third kappa shape index (κ3) is 10.7. The highest BCUT2D eigenvalue weighted by atomic mass is 16.2. The third-order valence-corrected chi connectivity index (χ3v) is 5.72. The molecule has 0 N–H and O–H groups in total. The Morgan fingerprint density at radius 3 is 1.78 bits per heavy atom. The van der Waals surface area contributed by atoms with Crippen LogP contribution in [0.1, 0.15) is 117 Å². The largest absolute Gasteiger partial charge is 0.283 e. The molecule has 27 heavy (non-hydrogen) atoms. The average molecular weight is 378 g/mol. The number of allylic oxidation sites excluding steroid dienone is 2. The van der Waals surface area contributed by atoms with Crippen molar-refractivity contribution in [3.8, 4) is 0 Å². The van der Waals surface area contributed by atoms with E-state index in [0.717, 1.165) is 12.8 Å². The van der Waals surface area contributed by atoms with Crippen LogP contribution in [0.3, 0.4) is 0 Å². The Morgan fingerprint density at radius 2 is 1.30 bits per heavy atom. The van der Waals surface area contributed by atoms with Crippen LogP contribution in [-0.4, -0.2) is 23.3 Å². The number of likely N-dealkylation sites (tertiary alicyclic amines) is 1. The summed E-state index contributed by atoms with van der Waals surface area (Å²) in [6, 6.07) is 0. The highest BCUT2D eigenvalue weighted by Gasteiger charge is 2.36. The monoisotopic (exact) mass is 377 g/mol. The van der Waals surface area contributed by atoms with Crippen LogP contribution in [0, 0.1) is 5.92 Å². The van der Waals surface area contributed by atoms with E-state index in [1.54, 1.807) is 0 Å². The van der Waals surface area contributed by atoms with Crippen molar-refractivity contribution in [1.82, 2.24) is 4.90 Å². The zero-order valence-electron chi connectivity index (χ0n) is 18.0. The van der Waals surface area contributed by atoms with Crippen LogP contribution in [-0.2, 0) is 9.59 Å². The summed E-state index contributed by atoms with van der Waals surface area (Å²) in [7, 11) is 0. The molecule has 1 heterocycles. The maximum atomic E-state index is 12.0. The van der Waals surface area contributed by atoms with Gasteiger partial charge in [0.2, 0.25) is 11.8 Å². The molecule has 1 atom stereocenters. The molecule has 1 rings (SSSR count). The molecule has 1 unspecified atom stereocenters. The van der Waals surface area contributed by atoms with Crippen molar-refractivity contribution in [1.29, 1.82) is 0 Å². The van der Waals surface area contributed by atoms with E-state index in [9.17, 15) is 9.59 Å². The van der Waals surface area contributed by atoms with Crippen molar-refractivity contribution in [2.45, 2.75) is 117 Å². The fourth-order valence-corrected chi connectivity index (χ4v) is 3.93. The Labute approximate surface area is 168 Å². The first kappa shape index (κ1) is 23.9. The van der Waals surface area contributed by atoms with E-state index in [1.807, 2.05) is 6.92 Å². The van der Waals surface area contributed by atoms with E-state index < -0.39 is 0 Å². The van der Waals surface area contributed by atoms with Gasteiger partial charge >= 0.3 is 0 Å². The maximum Gasteiger partial charge on any atom is 0.233 e. The number of amides is 2. The maximum absolute atomic E-state index is 12.0. The molecule has 0 spiro atoms. The quantitative estimate of drug-likeness (QED) is 0.159. The van der Waals surface area contributed by atoms with Crippen molar-refractivity contribution < 1.29 is 9.59 Å². The second-order valence-corrected chi connectivity index (χ2v) is 8.12. The molecular formula is C24H43NO2. The van der Waals surface area contributed by atoms with Gasteiger partial charge in [-0.15, -0.1) is 0 Å². The lowest BCUT2D eigenvalue weighted by molar-refractivity contribution is -0.139. The Hall–Kier alpha value is -1.12. The van der Waals surface area contributed by atoms with Crippen LogP contribution in [0.25, 0.3) is 0 Å². The summed E-state index contributed by atoms with van der Waals surface area (Å²) in [4.78, 5) is 25.1. The second kappa shape index (κ2) is 15.9. The predicted octanol–water partition coefficient (Wildman–Crippen LogP) is 6.81. The fourth-order valence-electron chi connectivity index (χ4n) is 3.93. The van der Waals surface area contributed by atoms with E-state index in [1.165, 1.54) is 88.4 Å². The van der Waals surface area contributed by atoms with Gasteiger partial charge in [-0.25, -0.2) is 0 Å². The van der Waals surface area contributed by atoms with Gasteiger partial charge in [0.05, 0.1) is 5.92 Å². The minimum atomic E-state index is -0.111. The van der Waals surface area contributed by atoms with Crippen LogP contribution in [0.15, 0.2) is 12.2 Å². The highest BCUT2D eigenvalue weighted by molar-refractivity contribution is 6.03. The van der Waals surface area contributed by atoms with Gasteiger partial charge in [-0.05, 0) is 26.2 Å². The van der Waals surface area contributed by atoms with Gasteiger partial charge in [-0.3, -0.25) is 14.5 Å². The summed E-state index contributed by atoms with van der Waals surface area (Å²) in [6.07, 6.45) is 24.5. The zero-order valence-corrected chi connectivity index (χ0v) is 18.0. The molecule has 0 bridgehead atoms. The summed E-state index contributed by atoms with van der Waals surface area (Å²) in [5.41, 5.74) is 0. The molecule has 1 fully saturated rings. The Kier molecular flexibility index (Phi) is 14.1. The number of carbonyl (C=O) groups is 2. The predicted molar refractivity (Wildman–Crippen MR) is 115 cm³/mol. The Bertz CT molecular complexity index is 430. The van der Waals surface area contributed by atoms with Gasteiger partial charge in [-0.2, -0.15) is 0 Å². The second-order valence-electron chi connectivity index (χ2n) is 8.12. The smallest absolute Gasteiger partial charge is 0.233 e. The molecule has 2 amide bonds. The lowest BCUT2D eigenvalue weighted by atomic mass is 10.0. The molecule has 0 aromatic heterocycles. The Balaban J connectivity index is 1.86. The van der Waals surface area contributed by atoms with Gasteiger partial charge in [-0.1, -0.05) is 96.1 Å². The molecule has 1 saturated heterocycles. The van der Waals surface area contributed by atoms with Gasteiger partial charge in [0.15, 0.2) is 0 Å². The van der Waals surface area contributed by atoms with Gasteiger partial charge in [0, 0.05) is 13.0 Å². The van der Waals surface area contributed by atoms with Crippen LogP contribution in [0.5, 0.6) is 0 Å². The number of hydrogen-bond acceptors (Lipinski definition) is 2. The van der Waals surface area contributed by atoms with Crippen LogP contribution in [0.2, 0.25) is 0 Å². The van der Waals surface area contributed by atoms with Crippen LogP contribution >= 0.6 is 0 Å². The highest BCUT2D eigenvalue weighted by Crippen LogP contribution is 2.23. The number of imide groups is 1. The van der Waals surface area contributed by atoms with Crippen molar-refractivity contribution in [2.75, 3.05) is 6.54 Å². The van der Waals surface area contributed by atoms with E-state index >= 15 is 0 Å². The van der Waals surface area contributed by atoms with Crippen LogP contribution in [0.4, 0.5) is 0 Å². The van der Waals surface area contributed by atoms with Crippen molar-refractivity contribution in [3.05, 3.63) is 12.2 Å². The lowest BCUT2D eigenvalue weighted by Gasteiger charge is -2.10. The SMILES string of the molecule is CCCCCCCCCCCCCCCC=CCC1CC(=O)N(CC)C1=O. The Morgan fingerprint density at radius 1 is 0.778 bits per heavy atom. The first-order chi connectivity index (χ1) is 13.2.